The Kier molecular flexibility index (Phi) is 5.33. The zero-order valence-corrected chi connectivity index (χ0v) is 10.6. The number of carbonyl (C=O) groups is 1. The number of hydrogen-bond acceptors (Lipinski definition) is 2. The molecular formula is C14H14ClNO2. The molecule has 94 valence electrons. The van der Waals surface area contributed by atoms with Gasteiger partial charge in [0.2, 0.25) is 0 Å². The van der Waals surface area contributed by atoms with Gasteiger partial charge in [0.1, 0.15) is 0 Å². The highest BCUT2D eigenvalue weighted by molar-refractivity contribution is 5.89. The Morgan fingerprint density at radius 2 is 1.72 bits per heavy atom. The number of benzene rings is 1. The average molecular weight is 264 g/mol. The van der Waals surface area contributed by atoms with E-state index in [2.05, 4.69) is 4.98 Å². The van der Waals surface area contributed by atoms with Crippen LogP contribution in [0.1, 0.15) is 21.5 Å². The molecule has 0 unspecified atom stereocenters. The summed E-state index contributed by atoms with van der Waals surface area (Å²) in [4.78, 5) is 15.0. The van der Waals surface area contributed by atoms with Crippen LogP contribution >= 0.6 is 12.4 Å². The van der Waals surface area contributed by atoms with E-state index in [4.69, 9.17) is 5.11 Å². The molecule has 2 aromatic rings. The van der Waals surface area contributed by atoms with Crippen molar-refractivity contribution in [2.45, 2.75) is 12.8 Å². The molecule has 0 spiro atoms. The molecule has 0 fully saturated rings. The number of carboxylic acid groups (broad SMARTS) is 1. The smallest absolute Gasteiger partial charge is 0.335 e. The third-order valence-electron chi connectivity index (χ3n) is 2.68. The van der Waals surface area contributed by atoms with Crippen molar-refractivity contribution in [1.82, 2.24) is 4.98 Å². The molecule has 1 N–H and O–H groups in total. The molecule has 1 aromatic heterocycles. The van der Waals surface area contributed by atoms with Crippen LogP contribution < -0.4 is 0 Å². The fourth-order valence-electron chi connectivity index (χ4n) is 1.78. The van der Waals surface area contributed by atoms with E-state index in [9.17, 15) is 4.79 Å². The zero-order valence-electron chi connectivity index (χ0n) is 9.74. The van der Waals surface area contributed by atoms with E-state index in [1.165, 1.54) is 5.56 Å². The third-order valence-corrected chi connectivity index (χ3v) is 2.68. The van der Waals surface area contributed by atoms with Crippen molar-refractivity contribution in [1.29, 1.82) is 0 Å². The maximum atomic E-state index is 11.0. The average Bonchev–Trinajstić information content (AvgIpc) is 2.38. The number of aromatic nitrogens is 1. The summed E-state index contributed by atoms with van der Waals surface area (Å²) >= 11 is 0. The highest BCUT2D eigenvalue weighted by atomic mass is 35.5. The molecule has 0 bridgehead atoms. The van der Waals surface area contributed by atoms with Crippen molar-refractivity contribution in [3.05, 3.63) is 65.5 Å². The Balaban J connectivity index is 0.00000162. The zero-order chi connectivity index (χ0) is 12.1. The maximum Gasteiger partial charge on any atom is 0.335 e. The second-order valence-electron chi connectivity index (χ2n) is 3.82. The first-order chi connectivity index (χ1) is 8.27. The minimum Gasteiger partial charge on any atom is -0.478 e. The normalized spacial score (nSPS) is 9.56. The lowest BCUT2D eigenvalue weighted by molar-refractivity contribution is 0.0695. The summed E-state index contributed by atoms with van der Waals surface area (Å²) in [6, 6.07) is 11.0. The Morgan fingerprint density at radius 1 is 1.06 bits per heavy atom. The largest absolute Gasteiger partial charge is 0.478 e. The number of halogens is 1. The topological polar surface area (TPSA) is 50.2 Å². The van der Waals surface area contributed by atoms with E-state index >= 15 is 0 Å². The van der Waals surface area contributed by atoms with E-state index in [1.807, 2.05) is 24.3 Å². The highest BCUT2D eigenvalue weighted by Gasteiger charge is 2.08. The van der Waals surface area contributed by atoms with Crippen LogP contribution in [0, 0.1) is 0 Å². The quantitative estimate of drug-likeness (QED) is 0.923. The first-order valence-corrected chi connectivity index (χ1v) is 5.47. The predicted octanol–water partition coefficient (Wildman–Crippen LogP) is 2.99. The van der Waals surface area contributed by atoms with Crippen molar-refractivity contribution in [2.24, 2.45) is 0 Å². The fourth-order valence-corrected chi connectivity index (χ4v) is 1.78. The lowest BCUT2D eigenvalue weighted by Gasteiger charge is -2.05. The standard InChI is InChI=1S/C14H13NO2.ClH/c16-14(17)13-4-2-1-3-12(13)6-5-11-7-9-15-10-8-11;/h1-4,7-10H,5-6H2,(H,16,17);1H. The van der Waals surface area contributed by atoms with Crippen LogP contribution in [0.25, 0.3) is 0 Å². The van der Waals surface area contributed by atoms with E-state index in [0.717, 1.165) is 18.4 Å². The first kappa shape index (κ1) is 14.2. The molecule has 2 rings (SSSR count). The fraction of sp³-hybridized carbons (Fsp3) is 0.143. The van der Waals surface area contributed by atoms with Crippen LogP contribution in [0.5, 0.6) is 0 Å². The number of aryl methyl sites for hydroxylation is 2. The van der Waals surface area contributed by atoms with Gasteiger partial charge in [-0.05, 0) is 42.2 Å². The van der Waals surface area contributed by atoms with Gasteiger partial charge in [0.05, 0.1) is 5.56 Å². The van der Waals surface area contributed by atoms with Crippen LogP contribution in [0.3, 0.4) is 0 Å². The number of hydrogen-bond donors (Lipinski definition) is 1. The molecule has 18 heavy (non-hydrogen) atoms. The number of carboxylic acids is 1. The molecule has 4 heteroatoms. The number of nitrogens with zero attached hydrogens (tertiary/aromatic N) is 1. The van der Waals surface area contributed by atoms with Crippen LogP contribution in [-0.4, -0.2) is 16.1 Å². The molecular weight excluding hydrogens is 250 g/mol. The third kappa shape index (κ3) is 3.57. The summed E-state index contributed by atoms with van der Waals surface area (Å²) in [5.41, 5.74) is 2.43. The van der Waals surface area contributed by atoms with Crippen LogP contribution in [0.2, 0.25) is 0 Å². The van der Waals surface area contributed by atoms with Crippen molar-refractivity contribution >= 4 is 18.4 Å². The second kappa shape index (κ2) is 6.77. The van der Waals surface area contributed by atoms with Crippen molar-refractivity contribution in [3.63, 3.8) is 0 Å². The van der Waals surface area contributed by atoms with Crippen molar-refractivity contribution in [3.8, 4) is 0 Å². The van der Waals surface area contributed by atoms with Gasteiger partial charge in [0.25, 0.3) is 0 Å². The molecule has 0 saturated heterocycles. The lowest BCUT2D eigenvalue weighted by Crippen LogP contribution is -2.03. The molecule has 0 amide bonds. The van der Waals surface area contributed by atoms with Crippen molar-refractivity contribution in [2.75, 3.05) is 0 Å². The van der Waals surface area contributed by atoms with E-state index < -0.39 is 5.97 Å². The van der Waals surface area contributed by atoms with Crippen LogP contribution in [0.4, 0.5) is 0 Å². The highest BCUT2D eigenvalue weighted by Crippen LogP contribution is 2.12. The Morgan fingerprint density at radius 3 is 2.39 bits per heavy atom. The van der Waals surface area contributed by atoms with Gasteiger partial charge < -0.3 is 5.11 Å². The lowest BCUT2D eigenvalue weighted by atomic mass is 10.0. The minimum absolute atomic E-state index is 0. The number of aromatic carboxylic acids is 1. The molecule has 0 aliphatic heterocycles. The van der Waals surface area contributed by atoms with Gasteiger partial charge in [-0.25, -0.2) is 4.79 Å². The maximum absolute atomic E-state index is 11.0. The Hall–Kier alpha value is -1.87. The van der Waals surface area contributed by atoms with Crippen molar-refractivity contribution < 1.29 is 9.90 Å². The monoisotopic (exact) mass is 263 g/mol. The SMILES string of the molecule is Cl.O=C(O)c1ccccc1CCc1ccncc1. The summed E-state index contributed by atoms with van der Waals surface area (Å²) in [5, 5.41) is 9.05. The molecule has 1 aromatic carbocycles. The van der Waals surface area contributed by atoms with Gasteiger partial charge >= 0.3 is 5.97 Å². The summed E-state index contributed by atoms with van der Waals surface area (Å²) in [6.07, 6.45) is 5.05. The first-order valence-electron chi connectivity index (χ1n) is 5.47. The number of pyridine rings is 1. The summed E-state index contributed by atoms with van der Waals surface area (Å²) in [7, 11) is 0. The summed E-state index contributed by atoms with van der Waals surface area (Å²) in [5.74, 6) is -0.865. The van der Waals surface area contributed by atoms with Gasteiger partial charge in [-0.1, -0.05) is 18.2 Å². The molecule has 3 nitrogen and oxygen atoms in total. The van der Waals surface area contributed by atoms with Gasteiger partial charge in [-0.2, -0.15) is 0 Å². The summed E-state index contributed by atoms with van der Waals surface area (Å²) in [6.45, 7) is 0. The predicted molar refractivity (Wildman–Crippen MR) is 72.3 cm³/mol. The van der Waals surface area contributed by atoms with Crippen LogP contribution in [0.15, 0.2) is 48.8 Å². The molecule has 0 aliphatic carbocycles. The molecule has 0 radical (unpaired) electrons. The van der Waals surface area contributed by atoms with Gasteiger partial charge in [0.15, 0.2) is 0 Å². The number of rotatable bonds is 4. The molecule has 0 atom stereocenters. The van der Waals surface area contributed by atoms with Gasteiger partial charge in [-0.15, -0.1) is 12.4 Å². The molecule has 0 saturated carbocycles. The van der Waals surface area contributed by atoms with Crippen LogP contribution in [-0.2, 0) is 12.8 Å². The van der Waals surface area contributed by atoms with E-state index in [0.29, 0.717) is 5.56 Å². The molecule has 0 aliphatic rings. The Labute approximate surface area is 112 Å². The Bertz CT molecular complexity index is 514. The summed E-state index contributed by atoms with van der Waals surface area (Å²) < 4.78 is 0. The van der Waals surface area contributed by atoms with Gasteiger partial charge in [-0.3, -0.25) is 4.98 Å². The van der Waals surface area contributed by atoms with Gasteiger partial charge in [0, 0.05) is 12.4 Å². The second-order valence-corrected chi connectivity index (χ2v) is 3.82. The minimum atomic E-state index is -0.865. The van der Waals surface area contributed by atoms with E-state index in [-0.39, 0.29) is 12.4 Å². The molecule has 1 heterocycles. The van der Waals surface area contributed by atoms with E-state index in [1.54, 1.807) is 24.5 Å².